The van der Waals surface area contributed by atoms with Crippen molar-refractivity contribution in [2.45, 2.75) is 18.9 Å². The Hall–Kier alpha value is -1.42. The molecule has 1 aromatic rings. The molecule has 1 unspecified atom stereocenters. The Kier molecular flexibility index (Phi) is 2.92. The summed E-state index contributed by atoms with van der Waals surface area (Å²) >= 11 is 0. The maximum Gasteiger partial charge on any atom is 0.254 e. The third-order valence-electron chi connectivity index (χ3n) is 2.90. The van der Waals surface area contributed by atoms with E-state index in [-0.39, 0.29) is 17.0 Å². The van der Waals surface area contributed by atoms with Gasteiger partial charge in [-0.05, 0) is 32.0 Å². The van der Waals surface area contributed by atoms with E-state index >= 15 is 0 Å². The fraction of sp³-hybridized carbons (Fsp3) is 0.417. The first-order valence-electron chi connectivity index (χ1n) is 5.38. The van der Waals surface area contributed by atoms with Crippen LogP contribution in [-0.2, 0) is 0 Å². The smallest absolute Gasteiger partial charge is 0.254 e. The molecular weight excluding hydrogens is 207 g/mol. The first-order valence-corrected chi connectivity index (χ1v) is 5.38. The van der Waals surface area contributed by atoms with Gasteiger partial charge in [0.1, 0.15) is 5.82 Å². The summed E-state index contributed by atoms with van der Waals surface area (Å²) in [5, 5.41) is 6.05. The highest BCUT2D eigenvalue weighted by Gasteiger charge is 2.30. The number of halogens is 1. The molecule has 0 bridgehead atoms. The lowest BCUT2D eigenvalue weighted by atomic mass is 10.0. The molecule has 3 nitrogen and oxygen atoms in total. The van der Waals surface area contributed by atoms with Gasteiger partial charge in [-0.2, -0.15) is 0 Å². The van der Waals surface area contributed by atoms with E-state index in [2.05, 4.69) is 10.6 Å². The molecule has 1 amide bonds. The van der Waals surface area contributed by atoms with Gasteiger partial charge in [0.15, 0.2) is 0 Å². The van der Waals surface area contributed by atoms with Crippen LogP contribution in [0.25, 0.3) is 0 Å². The van der Waals surface area contributed by atoms with Crippen LogP contribution in [0.2, 0.25) is 0 Å². The second kappa shape index (κ2) is 4.22. The van der Waals surface area contributed by atoms with E-state index in [0.717, 1.165) is 19.5 Å². The van der Waals surface area contributed by atoms with Crippen molar-refractivity contribution in [3.05, 3.63) is 35.6 Å². The summed E-state index contributed by atoms with van der Waals surface area (Å²) in [7, 11) is 0. The average molecular weight is 222 g/mol. The Labute approximate surface area is 94.0 Å². The third-order valence-corrected chi connectivity index (χ3v) is 2.90. The Balaban J connectivity index is 2.11. The molecule has 0 saturated carbocycles. The van der Waals surface area contributed by atoms with Gasteiger partial charge in [0, 0.05) is 6.54 Å². The van der Waals surface area contributed by atoms with Crippen molar-refractivity contribution in [3.63, 3.8) is 0 Å². The van der Waals surface area contributed by atoms with Gasteiger partial charge in [-0.15, -0.1) is 0 Å². The van der Waals surface area contributed by atoms with E-state index in [1.54, 1.807) is 12.1 Å². The minimum absolute atomic E-state index is 0.107. The second-order valence-corrected chi connectivity index (χ2v) is 4.42. The number of hydrogen-bond acceptors (Lipinski definition) is 2. The molecular formula is C12H15FN2O. The van der Waals surface area contributed by atoms with Crippen molar-refractivity contribution in [2.24, 2.45) is 0 Å². The van der Waals surface area contributed by atoms with Crippen molar-refractivity contribution < 1.29 is 9.18 Å². The van der Waals surface area contributed by atoms with Crippen LogP contribution in [0.5, 0.6) is 0 Å². The Morgan fingerprint density at radius 3 is 2.88 bits per heavy atom. The van der Waals surface area contributed by atoms with Crippen LogP contribution in [-0.4, -0.2) is 24.5 Å². The molecule has 1 fully saturated rings. The molecule has 86 valence electrons. The van der Waals surface area contributed by atoms with E-state index in [1.165, 1.54) is 12.1 Å². The van der Waals surface area contributed by atoms with Crippen LogP contribution >= 0.6 is 0 Å². The first kappa shape index (κ1) is 11.1. The number of nitrogens with one attached hydrogen (secondary N) is 2. The zero-order valence-corrected chi connectivity index (χ0v) is 9.22. The van der Waals surface area contributed by atoms with Gasteiger partial charge >= 0.3 is 0 Å². The van der Waals surface area contributed by atoms with E-state index < -0.39 is 5.82 Å². The first-order chi connectivity index (χ1) is 7.61. The Bertz CT molecular complexity index is 400. The monoisotopic (exact) mass is 222 g/mol. The highest BCUT2D eigenvalue weighted by molar-refractivity contribution is 5.94. The highest BCUT2D eigenvalue weighted by Crippen LogP contribution is 2.15. The van der Waals surface area contributed by atoms with Crippen LogP contribution in [0.3, 0.4) is 0 Å². The van der Waals surface area contributed by atoms with Crippen molar-refractivity contribution in [1.82, 2.24) is 10.6 Å². The number of carbonyl (C=O) groups is 1. The van der Waals surface area contributed by atoms with Crippen molar-refractivity contribution in [1.29, 1.82) is 0 Å². The number of rotatable bonds is 2. The van der Waals surface area contributed by atoms with Crippen molar-refractivity contribution in [3.8, 4) is 0 Å². The van der Waals surface area contributed by atoms with Crippen LogP contribution in [0.1, 0.15) is 23.7 Å². The molecule has 1 heterocycles. The van der Waals surface area contributed by atoms with Crippen molar-refractivity contribution >= 4 is 5.91 Å². The summed E-state index contributed by atoms with van der Waals surface area (Å²) in [4.78, 5) is 11.8. The zero-order chi connectivity index (χ0) is 11.6. The van der Waals surface area contributed by atoms with E-state index in [9.17, 15) is 9.18 Å². The summed E-state index contributed by atoms with van der Waals surface area (Å²) in [6.45, 7) is 3.58. The molecule has 1 aliphatic heterocycles. The quantitative estimate of drug-likeness (QED) is 0.792. The molecule has 1 saturated heterocycles. The average Bonchev–Trinajstić information content (AvgIpc) is 2.65. The third kappa shape index (κ3) is 2.22. The summed E-state index contributed by atoms with van der Waals surface area (Å²) in [6.07, 6.45) is 0.868. The molecule has 0 aliphatic carbocycles. The second-order valence-electron chi connectivity index (χ2n) is 4.42. The van der Waals surface area contributed by atoms with Gasteiger partial charge in [0.05, 0.1) is 11.1 Å². The topological polar surface area (TPSA) is 41.1 Å². The predicted octanol–water partition coefficient (Wildman–Crippen LogP) is 1.31. The van der Waals surface area contributed by atoms with Crippen LogP contribution < -0.4 is 10.6 Å². The Morgan fingerprint density at radius 1 is 1.50 bits per heavy atom. The summed E-state index contributed by atoms with van der Waals surface area (Å²) in [5.41, 5.74) is -0.157. The van der Waals surface area contributed by atoms with Gasteiger partial charge in [-0.1, -0.05) is 12.1 Å². The predicted molar refractivity (Wildman–Crippen MR) is 59.8 cm³/mol. The van der Waals surface area contributed by atoms with Crippen LogP contribution in [0.15, 0.2) is 24.3 Å². The maximum absolute atomic E-state index is 13.4. The molecule has 2 rings (SSSR count). The SMILES string of the molecule is CC1(NC(=O)c2ccccc2F)CCNC1. The van der Waals surface area contributed by atoms with Gasteiger partial charge in [-0.25, -0.2) is 4.39 Å². The molecule has 0 aromatic heterocycles. The molecule has 0 radical (unpaired) electrons. The van der Waals surface area contributed by atoms with Crippen LogP contribution in [0, 0.1) is 5.82 Å². The summed E-state index contributed by atoms with van der Waals surface area (Å²) < 4.78 is 13.4. The molecule has 1 aromatic carbocycles. The summed E-state index contributed by atoms with van der Waals surface area (Å²) in [6, 6.07) is 6.03. The highest BCUT2D eigenvalue weighted by atomic mass is 19.1. The lowest BCUT2D eigenvalue weighted by Gasteiger charge is -2.24. The minimum Gasteiger partial charge on any atom is -0.345 e. The lowest BCUT2D eigenvalue weighted by Crippen LogP contribution is -2.47. The fourth-order valence-electron chi connectivity index (χ4n) is 1.91. The molecule has 2 N–H and O–H groups in total. The molecule has 1 aliphatic rings. The largest absolute Gasteiger partial charge is 0.345 e. The van der Waals surface area contributed by atoms with Gasteiger partial charge in [-0.3, -0.25) is 4.79 Å². The number of hydrogen-bond donors (Lipinski definition) is 2. The van der Waals surface area contributed by atoms with Gasteiger partial charge < -0.3 is 10.6 Å². The molecule has 16 heavy (non-hydrogen) atoms. The van der Waals surface area contributed by atoms with E-state index in [1.807, 2.05) is 6.92 Å². The zero-order valence-electron chi connectivity index (χ0n) is 9.22. The lowest BCUT2D eigenvalue weighted by molar-refractivity contribution is 0.0909. The minimum atomic E-state index is -0.477. The Morgan fingerprint density at radius 2 is 2.25 bits per heavy atom. The van der Waals surface area contributed by atoms with Crippen LogP contribution in [0.4, 0.5) is 4.39 Å². The fourth-order valence-corrected chi connectivity index (χ4v) is 1.91. The van der Waals surface area contributed by atoms with Gasteiger partial charge in [0.25, 0.3) is 5.91 Å². The normalized spacial score (nSPS) is 24.4. The molecule has 4 heteroatoms. The van der Waals surface area contributed by atoms with E-state index in [0.29, 0.717) is 0 Å². The summed E-state index contributed by atoms with van der Waals surface area (Å²) in [5.74, 6) is -0.821. The van der Waals surface area contributed by atoms with Crippen molar-refractivity contribution in [2.75, 3.05) is 13.1 Å². The molecule has 1 atom stereocenters. The van der Waals surface area contributed by atoms with E-state index in [4.69, 9.17) is 0 Å². The number of carbonyl (C=O) groups excluding carboxylic acids is 1. The number of amides is 1. The standard InChI is InChI=1S/C12H15FN2O/c1-12(6-7-14-8-12)15-11(16)9-4-2-3-5-10(9)13/h2-5,14H,6-8H2,1H3,(H,15,16). The van der Waals surface area contributed by atoms with Gasteiger partial charge in [0.2, 0.25) is 0 Å². The molecule has 0 spiro atoms. The number of benzene rings is 1. The maximum atomic E-state index is 13.4.